The molecule has 106 valence electrons. The highest BCUT2D eigenvalue weighted by molar-refractivity contribution is 5.86. The van der Waals surface area contributed by atoms with Crippen LogP contribution in [0.3, 0.4) is 0 Å². The normalized spacial score (nSPS) is 17.4. The third-order valence-electron chi connectivity index (χ3n) is 3.29. The molecule has 0 atom stereocenters. The summed E-state index contributed by atoms with van der Waals surface area (Å²) in [6.45, 7) is 3.93. The molecule has 0 radical (unpaired) electrons. The van der Waals surface area contributed by atoms with Crippen molar-refractivity contribution in [1.82, 2.24) is 15.0 Å². The Kier molecular flexibility index (Phi) is 3.37. The van der Waals surface area contributed by atoms with Crippen molar-refractivity contribution in [3.63, 3.8) is 0 Å². The van der Waals surface area contributed by atoms with Gasteiger partial charge in [0.15, 0.2) is 11.4 Å². The van der Waals surface area contributed by atoms with Crippen molar-refractivity contribution in [1.29, 1.82) is 0 Å². The summed E-state index contributed by atoms with van der Waals surface area (Å²) < 4.78 is 11.1. The maximum absolute atomic E-state index is 5.65. The van der Waals surface area contributed by atoms with Gasteiger partial charge in [0.1, 0.15) is 18.0 Å². The van der Waals surface area contributed by atoms with Gasteiger partial charge in [-0.2, -0.15) is 0 Å². The van der Waals surface area contributed by atoms with Crippen LogP contribution in [-0.4, -0.2) is 40.5 Å². The van der Waals surface area contributed by atoms with Gasteiger partial charge in [0, 0.05) is 13.0 Å². The molecule has 0 spiro atoms. The predicted octanol–water partition coefficient (Wildman–Crippen LogP) is 1.17. The van der Waals surface area contributed by atoms with Crippen LogP contribution < -0.4 is 11.1 Å². The standard InChI is InChI=1S/C13H17N5O2/c1-13(19-6-7-20-13)4-5-15-11-9-2-3-10(14)18-12(9)17-8-16-11/h2-3,8H,4-7H2,1H3,(H3,14,15,16,17,18). The van der Waals surface area contributed by atoms with E-state index in [-0.39, 0.29) is 0 Å². The number of anilines is 2. The fraction of sp³-hybridized carbons (Fsp3) is 0.462. The van der Waals surface area contributed by atoms with Crippen molar-refractivity contribution >= 4 is 22.7 Å². The summed E-state index contributed by atoms with van der Waals surface area (Å²) >= 11 is 0. The number of nitrogens with one attached hydrogen (secondary N) is 1. The van der Waals surface area contributed by atoms with Crippen molar-refractivity contribution < 1.29 is 9.47 Å². The molecular formula is C13H17N5O2. The van der Waals surface area contributed by atoms with E-state index >= 15 is 0 Å². The number of rotatable bonds is 4. The lowest BCUT2D eigenvalue weighted by molar-refractivity contribution is -0.144. The first-order valence-corrected chi connectivity index (χ1v) is 6.55. The summed E-state index contributed by atoms with van der Waals surface area (Å²) in [7, 11) is 0. The van der Waals surface area contributed by atoms with Gasteiger partial charge in [-0.3, -0.25) is 0 Å². The highest BCUT2D eigenvalue weighted by Gasteiger charge is 2.30. The first kappa shape index (κ1) is 13.0. The Bertz CT molecular complexity index is 613. The van der Waals surface area contributed by atoms with Crippen LogP contribution in [0.2, 0.25) is 0 Å². The second-order valence-electron chi connectivity index (χ2n) is 4.84. The van der Waals surface area contributed by atoms with Gasteiger partial charge in [0.2, 0.25) is 0 Å². The van der Waals surface area contributed by atoms with Gasteiger partial charge in [-0.05, 0) is 19.1 Å². The van der Waals surface area contributed by atoms with Crippen LogP contribution in [0.25, 0.3) is 11.0 Å². The second-order valence-corrected chi connectivity index (χ2v) is 4.84. The molecule has 0 unspecified atom stereocenters. The zero-order valence-electron chi connectivity index (χ0n) is 11.3. The largest absolute Gasteiger partial charge is 0.384 e. The highest BCUT2D eigenvalue weighted by atomic mass is 16.7. The summed E-state index contributed by atoms with van der Waals surface area (Å²) in [6, 6.07) is 3.60. The summed E-state index contributed by atoms with van der Waals surface area (Å²) in [5.74, 6) is 0.685. The Hall–Kier alpha value is -1.99. The van der Waals surface area contributed by atoms with Crippen LogP contribution in [0, 0.1) is 0 Å². The van der Waals surface area contributed by atoms with E-state index in [9.17, 15) is 0 Å². The molecule has 0 saturated carbocycles. The first-order chi connectivity index (χ1) is 9.66. The fourth-order valence-corrected chi connectivity index (χ4v) is 2.21. The van der Waals surface area contributed by atoms with E-state index in [2.05, 4.69) is 20.3 Å². The van der Waals surface area contributed by atoms with Gasteiger partial charge >= 0.3 is 0 Å². The molecule has 0 aliphatic carbocycles. The van der Waals surface area contributed by atoms with Gasteiger partial charge in [-0.25, -0.2) is 15.0 Å². The van der Waals surface area contributed by atoms with Crippen molar-refractivity contribution in [3.05, 3.63) is 18.5 Å². The molecule has 3 rings (SSSR count). The van der Waals surface area contributed by atoms with Gasteiger partial charge in [0.25, 0.3) is 0 Å². The number of nitrogens with zero attached hydrogens (tertiary/aromatic N) is 3. The molecule has 3 heterocycles. The van der Waals surface area contributed by atoms with Crippen molar-refractivity contribution in [2.75, 3.05) is 30.8 Å². The van der Waals surface area contributed by atoms with Crippen molar-refractivity contribution in [3.8, 4) is 0 Å². The van der Waals surface area contributed by atoms with Gasteiger partial charge in [0.05, 0.1) is 18.6 Å². The molecule has 1 aliphatic rings. The topological polar surface area (TPSA) is 95.2 Å². The van der Waals surface area contributed by atoms with Gasteiger partial charge in [-0.1, -0.05) is 0 Å². The minimum absolute atomic E-state index is 0.447. The fourth-order valence-electron chi connectivity index (χ4n) is 2.21. The first-order valence-electron chi connectivity index (χ1n) is 6.55. The SMILES string of the molecule is CC1(CCNc2ncnc3nc(N)ccc23)OCCO1. The Labute approximate surface area is 116 Å². The summed E-state index contributed by atoms with van der Waals surface area (Å²) in [4.78, 5) is 12.5. The van der Waals surface area contributed by atoms with Crippen LogP contribution in [0.5, 0.6) is 0 Å². The lowest BCUT2D eigenvalue weighted by Gasteiger charge is -2.22. The summed E-state index contributed by atoms with van der Waals surface area (Å²) in [6.07, 6.45) is 2.21. The van der Waals surface area contributed by atoms with Crippen LogP contribution >= 0.6 is 0 Å². The van der Waals surface area contributed by atoms with Crippen LogP contribution in [0.15, 0.2) is 18.5 Å². The molecule has 7 nitrogen and oxygen atoms in total. The molecule has 2 aromatic heterocycles. The lowest BCUT2D eigenvalue weighted by atomic mass is 10.2. The number of aromatic nitrogens is 3. The Morgan fingerprint density at radius 3 is 2.90 bits per heavy atom. The number of pyridine rings is 1. The number of hydrogen-bond donors (Lipinski definition) is 2. The van der Waals surface area contributed by atoms with Gasteiger partial charge in [-0.15, -0.1) is 0 Å². The second kappa shape index (κ2) is 5.18. The Balaban J connectivity index is 1.71. The number of ether oxygens (including phenoxy) is 2. The van der Waals surface area contributed by atoms with Crippen LogP contribution in [0.4, 0.5) is 11.6 Å². The number of nitrogens with two attached hydrogens (primary N) is 1. The number of nitrogen functional groups attached to an aromatic ring is 1. The molecular weight excluding hydrogens is 258 g/mol. The molecule has 0 amide bonds. The van der Waals surface area contributed by atoms with Crippen LogP contribution in [-0.2, 0) is 9.47 Å². The van der Waals surface area contributed by atoms with E-state index in [1.54, 1.807) is 6.07 Å². The third-order valence-corrected chi connectivity index (χ3v) is 3.29. The van der Waals surface area contributed by atoms with Crippen LogP contribution in [0.1, 0.15) is 13.3 Å². The van der Waals surface area contributed by atoms with E-state index in [0.29, 0.717) is 31.2 Å². The molecule has 1 saturated heterocycles. The van der Waals surface area contributed by atoms with Crippen molar-refractivity contribution in [2.45, 2.75) is 19.1 Å². The molecule has 0 aromatic carbocycles. The quantitative estimate of drug-likeness (QED) is 0.864. The molecule has 1 aliphatic heterocycles. The molecule has 2 aromatic rings. The number of fused-ring (bicyclic) bond motifs is 1. The smallest absolute Gasteiger partial charge is 0.167 e. The minimum Gasteiger partial charge on any atom is -0.384 e. The molecule has 20 heavy (non-hydrogen) atoms. The van der Waals surface area contributed by atoms with Crippen molar-refractivity contribution in [2.24, 2.45) is 0 Å². The summed E-state index contributed by atoms with van der Waals surface area (Å²) in [5, 5.41) is 4.11. The zero-order valence-corrected chi connectivity index (χ0v) is 11.3. The highest BCUT2D eigenvalue weighted by Crippen LogP contribution is 2.23. The molecule has 3 N–H and O–H groups in total. The number of hydrogen-bond acceptors (Lipinski definition) is 7. The van der Waals surface area contributed by atoms with E-state index in [4.69, 9.17) is 15.2 Å². The maximum atomic E-state index is 5.65. The third kappa shape index (κ3) is 2.63. The predicted molar refractivity (Wildman–Crippen MR) is 75.2 cm³/mol. The molecule has 7 heteroatoms. The monoisotopic (exact) mass is 275 g/mol. The summed E-state index contributed by atoms with van der Waals surface area (Å²) in [5.41, 5.74) is 6.23. The van der Waals surface area contributed by atoms with E-state index in [0.717, 1.165) is 17.6 Å². The Morgan fingerprint density at radius 2 is 2.10 bits per heavy atom. The Morgan fingerprint density at radius 1 is 1.30 bits per heavy atom. The van der Waals surface area contributed by atoms with Gasteiger partial charge < -0.3 is 20.5 Å². The zero-order chi connectivity index (χ0) is 14.0. The van der Waals surface area contributed by atoms with E-state index in [1.165, 1.54) is 6.33 Å². The van der Waals surface area contributed by atoms with E-state index in [1.807, 2.05) is 13.0 Å². The maximum Gasteiger partial charge on any atom is 0.167 e. The molecule has 1 fully saturated rings. The molecule has 0 bridgehead atoms. The lowest BCUT2D eigenvalue weighted by Crippen LogP contribution is -2.28. The van der Waals surface area contributed by atoms with E-state index < -0.39 is 5.79 Å². The average Bonchev–Trinajstić information content (AvgIpc) is 2.85. The minimum atomic E-state index is -0.501. The average molecular weight is 275 g/mol.